The maximum atomic E-state index is 11.7. The van der Waals surface area contributed by atoms with Gasteiger partial charge in [-0.15, -0.1) is 0 Å². The molecule has 0 saturated carbocycles. The molecule has 18 heteroatoms. The Balaban J connectivity index is 1.53. The quantitative estimate of drug-likeness (QED) is 0.220. The first-order chi connectivity index (χ1) is 14.2. The van der Waals surface area contributed by atoms with Crippen molar-refractivity contribution in [2.45, 2.75) is 18.3 Å². The van der Waals surface area contributed by atoms with E-state index in [-0.39, 0.29) is 45.4 Å². The van der Waals surface area contributed by atoms with Crippen LogP contribution in [0.5, 0.6) is 0 Å². The summed E-state index contributed by atoms with van der Waals surface area (Å²) in [7, 11) is -7.68. The second-order valence-corrected chi connectivity index (χ2v) is 10.2. The molecule has 3 heterocycles. The van der Waals surface area contributed by atoms with Gasteiger partial charge < -0.3 is 18.7 Å². The van der Waals surface area contributed by atoms with Crippen LogP contribution in [0.15, 0.2) is 0 Å². The number of methoxy groups -OCH3 is 1. The highest BCUT2D eigenvalue weighted by Crippen LogP contribution is 2.24. The molecule has 3 saturated heterocycles. The van der Waals surface area contributed by atoms with Crippen LogP contribution in [-0.4, -0.2) is 99.2 Å². The number of ether oxygens (including phenoxy) is 1. The molecule has 3 fully saturated rings. The van der Waals surface area contributed by atoms with Crippen LogP contribution in [0.25, 0.3) is 0 Å². The van der Waals surface area contributed by atoms with Crippen molar-refractivity contribution in [2.24, 2.45) is 5.92 Å². The summed E-state index contributed by atoms with van der Waals surface area (Å²) >= 11 is -1.87. The fourth-order valence-corrected chi connectivity index (χ4v) is 5.68. The third kappa shape index (κ3) is 7.42. The van der Waals surface area contributed by atoms with E-state index < -0.39 is 63.4 Å². The zero-order valence-electron chi connectivity index (χ0n) is 15.8. The molecule has 174 valence electrons. The highest BCUT2D eigenvalue weighted by molar-refractivity contribution is 7.87. The van der Waals surface area contributed by atoms with Crippen molar-refractivity contribution < 1.29 is 60.7 Å². The molecule has 0 amide bonds. The topological polar surface area (TPSA) is 168 Å². The summed E-state index contributed by atoms with van der Waals surface area (Å²) in [6.45, 7) is -0.646. The van der Waals surface area contributed by atoms with Crippen LogP contribution in [0, 0.1) is 5.92 Å². The molecule has 3 aliphatic rings. The van der Waals surface area contributed by atoms with E-state index in [0.29, 0.717) is 0 Å². The molecule has 0 spiro atoms. The van der Waals surface area contributed by atoms with Crippen molar-refractivity contribution >= 4 is 39.2 Å². The third-order valence-corrected chi connectivity index (χ3v) is 7.11. The Morgan fingerprint density at radius 2 is 1.67 bits per heavy atom. The zero-order chi connectivity index (χ0) is 21.8. The molecule has 0 N–H and O–H groups in total. The number of hydrogen-bond acceptors (Lipinski definition) is 14. The minimum atomic E-state index is -4.06. The highest BCUT2D eigenvalue weighted by atomic mass is 32.3. The van der Waals surface area contributed by atoms with E-state index in [1.165, 1.54) is 7.11 Å². The van der Waals surface area contributed by atoms with Crippen molar-refractivity contribution in [2.75, 3.05) is 52.5 Å². The first kappa shape index (κ1) is 24.4. The van der Waals surface area contributed by atoms with Gasteiger partial charge in [0, 0.05) is 19.6 Å². The van der Waals surface area contributed by atoms with Gasteiger partial charge in [-0.3, -0.25) is 12.5 Å². The summed E-state index contributed by atoms with van der Waals surface area (Å²) in [4.78, 5) is 0. The third-order valence-electron chi connectivity index (χ3n) is 4.04. The molecular weight excluding hydrogens is 475 g/mol. The smallest absolute Gasteiger partial charge is 0.385 e. The van der Waals surface area contributed by atoms with Gasteiger partial charge in [0.25, 0.3) is 10.1 Å². The van der Waals surface area contributed by atoms with Gasteiger partial charge in [-0.25, -0.2) is 8.37 Å². The lowest BCUT2D eigenvalue weighted by Gasteiger charge is -2.20. The van der Waals surface area contributed by atoms with Crippen LogP contribution in [0.3, 0.4) is 0 Å². The van der Waals surface area contributed by atoms with Crippen molar-refractivity contribution in [1.82, 2.24) is 0 Å². The molecule has 0 aromatic carbocycles. The molecule has 0 aromatic rings. The maximum Gasteiger partial charge on any atom is 0.639 e. The van der Waals surface area contributed by atoms with Gasteiger partial charge in [0.1, 0.15) is 18.3 Å². The predicted octanol–water partition coefficient (Wildman–Crippen LogP) is -2.33. The second kappa shape index (κ2) is 10.6. The predicted molar refractivity (Wildman–Crippen MR) is 96.3 cm³/mol. The van der Waals surface area contributed by atoms with Crippen LogP contribution < -0.4 is 0 Å². The van der Waals surface area contributed by atoms with Crippen molar-refractivity contribution in [3.63, 3.8) is 0 Å². The van der Waals surface area contributed by atoms with Crippen molar-refractivity contribution in [3.8, 4) is 0 Å². The SMILES string of the molecule is COCC1OS(=O)(=O)CC1COB(OCC1COS(=O)O1)OCC1COS(=O)(=O)O1. The first-order valence-corrected chi connectivity index (χ1v) is 12.6. The molecule has 3 rings (SSSR count). The summed E-state index contributed by atoms with van der Waals surface area (Å²) in [6, 6.07) is 0. The molecule has 3 aliphatic heterocycles. The Bertz CT molecular complexity index is 803. The summed E-state index contributed by atoms with van der Waals surface area (Å²) in [5, 5.41) is 0. The van der Waals surface area contributed by atoms with Gasteiger partial charge in [-0.05, 0) is 0 Å². The zero-order valence-corrected chi connectivity index (χ0v) is 18.2. The van der Waals surface area contributed by atoms with E-state index in [0.717, 1.165) is 0 Å². The van der Waals surface area contributed by atoms with Gasteiger partial charge in [0.2, 0.25) is 0 Å². The van der Waals surface area contributed by atoms with Crippen molar-refractivity contribution in [3.05, 3.63) is 0 Å². The molecule has 5 atom stereocenters. The molecule has 30 heavy (non-hydrogen) atoms. The summed E-state index contributed by atoms with van der Waals surface area (Å²) in [5.41, 5.74) is 0. The standard InChI is InChI=1S/C12H21BO14S3/c1-19-7-12-9(8-29(15,16)27-12)2-20-13(21-3-10-5-23-28(14)25-10)22-4-11-6-24-30(17,18)26-11/h9-12H,2-8H2,1H3. The van der Waals surface area contributed by atoms with Gasteiger partial charge in [-0.2, -0.15) is 21.0 Å². The van der Waals surface area contributed by atoms with E-state index in [1.807, 2.05) is 0 Å². The molecule has 0 aliphatic carbocycles. The van der Waals surface area contributed by atoms with E-state index >= 15 is 0 Å². The summed E-state index contributed by atoms with van der Waals surface area (Å²) in [5.74, 6) is -0.820. The van der Waals surface area contributed by atoms with Gasteiger partial charge >= 0.3 is 29.1 Å². The Hall–Kier alpha value is -0.245. The van der Waals surface area contributed by atoms with Gasteiger partial charge in [0.05, 0.1) is 38.8 Å². The normalized spacial score (nSPS) is 35.0. The largest absolute Gasteiger partial charge is 0.639 e. The lowest BCUT2D eigenvalue weighted by Crippen LogP contribution is -2.37. The van der Waals surface area contributed by atoms with E-state index in [1.54, 1.807) is 0 Å². The van der Waals surface area contributed by atoms with Crippen LogP contribution in [0.4, 0.5) is 0 Å². The van der Waals surface area contributed by atoms with Gasteiger partial charge in [-0.1, -0.05) is 0 Å². The van der Waals surface area contributed by atoms with Crippen molar-refractivity contribution in [1.29, 1.82) is 0 Å². The minimum absolute atomic E-state index is 0.0295. The Morgan fingerprint density at radius 1 is 0.967 bits per heavy atom. The Morgan fingerprint density at radius 3 is 2.27 bits per heavy atom. The first-order valence-electron chi connectivity index (χ1n) is 8.70. The summed E-state index contributed by atoms with van der Waals surface area (Å²) in [6.07, 6.45) is -2.27. The lowest BCUT2D eigenvalue weighted by molar-refractivity contribution is 0.0169. The molecular formula is C12H21BO14S3. The fourth-order valence-electron chi connectivity index (χ4n) is 2.71. The average molecular weight is 496 g/mol. The maximum absolute atomic E-state index is 11.7. The molecule has 5 unspecified atom stereocenters. The fraction of sp³-hybridized carbons (Fsp3) is 1.00. The van der Waals surface area contributed by atoms with Crippen LogP contribution >= 0.6 is 0 Å². The molecule has 0 radical (unpaired) electrons. The molecule has 0 bridgehead atoms. The Kier molecular flexibility index (Phi) is 8.61. The van der Waals surface area contributed by atoms with Crippen LogP contribution in [0.2, 0.25) is 0 Å². The monoisotopic (exact) mass is 496 g/mol. The van der Waals surface area contributed by atoms with Crippen LogP contribution in [0.1, 0.15) is 0 Å². The highest BCUT2D eigenvalue weighted by Gasteiger charge is 2.41. The second-order valence-electron chi connectivity index (χ2n) is 6.48. The van der Waals surface area contributed by atoms with E-state index in [2.05, 4.69) is 8.37 Å². The Labute approximate surface area is 176 Å². The number of rotatable bonds is 11. The summed E-state index contributed by atoms with van der Waals surface area (Å²) < 4.78 is 102. The lowest BCUT2D eigenvalue weighted by atomic mass is 10.1. The molecule has 0 aromatic heterocycles. The van der Waals surface area contributed by atoms with E-state index in [4.69, 9.17) is 31.2 Å². The van der Waals surface area contributed by atoms with Gasteiger partial charge in [0.15, 0.2) is 0 Å². The van der Waals surface area contributed by atoms with E-state index in [9.17, 15) is 21.0 Å². The molecule has 14 nitrogen and oxygen atoms in total. The van der Waals surface area contributed by atoms with Crippen LogP contribution in [-0.2, 0) is 71.5 Å². The minimum Gasteiger partial charge on any atom is -0.385 e. The average Bonchev–Trinajstić information content (AvgIpc) is 3.31. The number of hydrogen-bond donors (Lipinski definition) is 0.